The summed E-state index contributed by atoms with van der Waals surface area (Å²) in [7, 11) is 3.16. The molecule has 0 bridgehead atoms. The highest BCUT2D eigenvalue weighted by molar-refractivity contribution is 9.10. The van der Waals surface area contributed by atoms with Crippen LogP contribution >= 0.6 is 15.9 Å². The summed E-state index contributed by atoms with van der Waals surface area (Å²) in [5.41, 5.74) is 1.01. The van der Waals surface area contributed by atoms with Crippen LogP contribution in [-0.4, -0.2) is 33.3 Å². The molecule has 1 amide bonds. The average molecular weight is 554 g/mol. The van der Waals surface area contributed by atoms with Crippen molar-refractivity contribution in [3.05, 3.63) is 87.2 Å². The summed E-state index contributed by atoms with van der Waals surface area (Å²) < 4.78 is 28.1. The second-order valence-electron chi connectivity index (χ2n) is 7.70. The van der Waals surface area contributed by atoms with Gasteiger partial charge in [0.05, 0.1) is 24.1 Å². The van der Waals surface area contributed by atoms with Crippen LogP contribution in [0.4, 0.5) is 0 Å². The molecule has 8 nitrogen and oxygen atoms in total. The zero-order valence-electron chi connectivity index (χ0n) is 19.7. The summed E-state index contributed by atoms with van der Waals surface area (Å²) in [5.74, 6) is 1.99. The fourth-order valence-electron chi connectivity index (χ4n) is 3.48. The Morgan fingerprint density at radius 3 is 2.53 bits per heavy atom. The van der Waals surface area contributed by atoms with Gasteiger partial charge in [-0.1, -0.05) is 18.2 Å². The molecule has 3 aromatic carbocycles. The first-order chi connectivity index (χ1) is 17.5. The molecule has 9 heteroatoms. The molecular weight excluding hydrogens is 530 g/mol. The molecule has 0 spiro atoms. The fourth-order valence-corrected chi connectivity index (χ4v) is 3.85. The monoisotopic (exact) mass is 553 g/mol. The number of nitrogens with one attached hydrogen (secondary N) is 1. The van der Waals surface area contributed by atoms with E-state index >= 15 is 0 Å². The first-order valence-electron chi connectivity index (χ1n) is 11.1. The van der Waals surface area contributed by atoms with Crippen molar-refractivity contribution in [1.82, 2.24) is 5.32 Å². The smallest absolute Gasteiger partial charge is 0.257 e. The van der Waals surface area contributed by atoms with Gasteiger partial charge in [-0.05, 0) is 64.3 Å². The Morgan fingerprint density at radius 2 is 1.75 bits per heavy atom. The van der Waals surface area contributed by atoms with E-state index in [1.165, 1.54) is 6.26 Å². The molecular formula is C27H24BrNO7. The van der Waals surface area contributed by atoms with Crippen molar-refractivity contribution < 1.29 is 28.2 Å². The maximum Gasteiger partial charge on any atom is 0.257 e. The second-order valence-corrected chi connectivity index (χ2v) is 8.55. The molecule has 0 atom stereocenters. The lowest BCUT2D eigenvalue weighted by Crippen LogP contribution is -2.30. The van der Waals surface area contributed by atoms with Crippen LogP contribution < -0.4 is 29.7 Å². The van der Waals surface area contributed by atoms with E-state index in [9.17, 15) is 9.59 Å². The van der Waals surface area contributed by atoms with E-state index in [0.717, 1.165) is 10.0 Å². The van der Waals surface area contributed by atoms with Crippen molar-refractivity contribution in [2.75, 3.05) is 27.4 Å². The molecule has 0 fully saturated rings. The van der Waals surface area contributed by atoms with Crippen molar-refractivity contribution >= 4 is 32.8 Å². The maximum absolute atomic E-state index is 12.8. The summed E-state index contributed by atoms with van der Waals surface area (Å²) in [6, 6.07) is 17.6. The molecule has 1 N–H and O–H groups in total. The zero-order chi connectivity index (χ0) is 25.5. The average Bonchev–Trinajstić information content (AvgIpc) is 2.90. The van der Waals surface area contributed by atoms with E-state index in [0.29, 0.717) is 46.9 Å². The van der Waals surface area contributed by atoms with Crippen LogP contribution in [0.25, 0.3) is 11.0 Å². The molecule has 4 rings (SSSR count). The normalized spacial score (nSPS) is 10.6. The standard InChI is InChI=1S/C27H24BrNO7/c1-32-22-10-7-17(13-24(22)33-2)11-12-29-26(30)16-34-18-8-9-19-23(14-18)35-15-25(27(19)31)36-21-6-4-3-5-20(21)28/h3-10,13-15H,11-12,16H2,1-2H3,(H,29,30). The third kappa shape index (κ3) is 5.98. The maximum atomic E-state index is 12.8. The first-order valence-corrected chi connectivity index (χ1v) is 11.9. The number of carbonyl (C=O) groups excluding carboxylic acids is 1. The minimum Gasteiger partial charge on any atom is -0.493 e. The summed E-state index contributed by atoms with van der Waals surface area (Å²) in [6.45, 7) is 0.259. The van der Waals surface area contributed by atoms with Crippen molar-refractivity contribution in [3.63, 3.8) is 0 Å². The van der Waals surface area contributed by atoms with Gasteiger partial charge in [0.1, 0.15) is 23.3 Å². The van der Waals surface area contributed by atoms with E-state index in [2.05, 4.69) is 21.2 Å². The van der Waals surface area contributed by atoms with E-state index < -0.39 is 0 Å². The van der Waals surface area contributed by atoms with Gasteiger partial charge in [-0.25, -0.2) is 0 Å². The van der Waals surface area contributed by atoms with Crippen LogP contribution in [0.5, 0.6) is 28.7 Å². The molecule has 186 valence electrons. The van der Waals surface area contributed by atoms with Crippen LogP contribution in [0.2, 0.25) is 0 Å². The van der Waals surface area contributed by atoms with Crippen molar-refractivity contribution in [1.29, 1.82) is 0 Å². The lowest BCUT2D eigenvalue weighted by Gasteiger charge is -2.11. The number of ether oxygens (including phenoxy) is 4. The third-order valence-corrected chi connectivity index (χ3v) is 5.98. The Labute approximate surface area is 215 Å². The third-order valence-electron chi connectivity index (χ3n) is 5.32. The Morgan fingerprint density at radius 1 is 0.944 bits per heavy atom. The predicted molar refractivity (Wildman–Crippen MR) is 138 cm³/mol. The number of fused-ring (bicyclic) bond motifs is 1. The number of methoxy groups -OCH3 is 2. The zero-order valence-corrected chi connectivity index (χ0v) is 21.3. The molecule has 1 aromatic heterocycles. The van der Waals surface area contributed by atoms with Gasteiger partial charge in [0, 0.05) is 12.6 Å². The highest BCUT2D eigenvalue weighted by atomic mass is 79.9. The van der Waals surface area contributed by atoms with Gasteiger partial charge in [0.2, 0.25) is 11.2 Å². The van der Waals surface area contributed by atoms with Gasteiger partial charge < -0.3 is 28.7 Å². The second kappa shape index (κ2) is 11.6. The number of benzene rings is 3. The molecule has 0 radical (unpaired) electrons. The van der Waals surface area contributed by atoms with Gasteiger partial charge >= 0.3 is 0 Å². The number of carbonyl (C=O) groups is 1. The predicted octanol–water partition coefficient (Wildman–Crippen LogP) is 5.10. The van der Waals surface area contributed by atoms with Crippen molar-refractivity contribution in [3.8, 4) is 28.7 Å². The van der Waals surface area contributed by atoms with Crippen LogP contribution in [0, 0.1) is 0 Å². The minimum atomic E-state index is -0.313. The largest absolute Gasteiger partial charge is 0.493 e. The molecule has 0 saturated heterocycles. The SMILES string of the molecule is COc1ccc(CCNC(=O)COc2ccc3c(=O)c(Oc4ccccc4Br)coc3c2)cc1OC. The number of halogens is 1. The lowest BCUT2D eigenvalue weighted by molar-refractivity contribution is -0.123. The molecule has 0 unspecified atom stereocenters. The van der Waals surface area contributed by atoms with Gasteiger partial charge in [-0.2, -0.15) is 0 Å². The number of hydrogen-bond donors (Lipinski definition) is 1. The molecule has 0 aliphatic rings. The van der Waals surface area contributed by atoms with Crippen molar-refractivity contribution in [2.24, 2.45) is 0 Å². The lowest BCUT2D eigenvalue weighted by atomic mass is 10.1. The van der Waals surface area contributed by atoms with Gasteiger partial charge in [-0.3, -0.25) is 9.59 Å². The molecule has 0 aliphatic carbocycles. The first kappa shape index (κ1) is 25.1. The topological polar surface area (TPSA) is 96.2 Å². The highest BCUT2D eigenvalue weighted by Gasteiger charge is 2.12. The highest BCUT2D eigenvalue weighted by Crippen LogP contribution is 2.29. The molecule has 36 heavy (non-hydrogen) atoms. The number of para-hydroxylation sites is 1. The van der Waals surface area contributed by atoms with E-state index in [1.807, 2.05) is 30.3 Å². The van der Waals surface area contributed by atoms with Crippen LogP contribution in [0.15, 0.2) is 80.6 Å². The van der Waals surface area contributed by atoms with Crippen LogP contribution in [0.1, 0.15) is 5.56 Å². The van der Waals surface area contributed by atoms with Crippen LogP contribution in [-0.2, 0) is 11.2 Å². The summed E-state index contributed by atoms with van der Waals surface area (Å²) in [5, 5.41) is 3.16. The summed E-state index contributed by atoms with van der Waals surface area (Å²) >= 11 is 3.39. The number of amides is 1. The van der Waals surface area contributed by atoms with E-state index in [-0.39, 0.29) is 23.7 Å². The van der Waals surface area contributed by atoms with Crippen LogP contribution in [0.3, 0.4) is 0 Å². The van der Waals surface area contributed by atoms with E-state index in [4.69, 9.17) is 23.4 Å². The summed E-state index contributed by atoms with van der Waals surface area (Å²) in [4.78, 5) is 25.0. The molecule has 0 aliphatic heterocycles. The minimum absolute atomic E-state index is 0.0666. The Balaban J connectivity index is 1.32. The van der Waals surface area contributed by atoms with Gasteiger partial charge in [-0.15, -0.1) is 0 Å². The van der Waals surface area contributed by atoms with E-state index in [1.54, 1.807) is 44.6 Å². The Kier molecular flexibility index (Phi) is 8.12. The quantitative estimate of drug-likeness (QED) is 0.291. The summed E-state index contributed by atoms with van der Waals surface area (Å²) in [6.07, 6.45) is 1.88. The Hall–Kier alpha value is -3.98. The van der Waals surface area contributed by atoms with Crippen molar-refractivity contribution in [2.45, 2.75) is 6.42 Å². The van der Waals surface area contributed by atoms with Gasteiger partial charge in [0.25, 0.3) is 5.91 Å². The number of rotatable bonds is 10. The molecule has 0 saturated carbocycles. The molecule has 1 heterocycles. The molecule has 4 aromatic rings. The Bertz CT molecular complexity index is 1430. The fraction of sp³-hybridized carbons (Fsp3) is 0.185. The van der Waals surface area contributed by atoms with Gasteiger partial charge in [0.15, 0.2) is 18.1 Å². The number of hydrogen-bond acceptors (Lipinski definition) is 7.